The molecular weight excluding hydrogens is 196 g/mol. The van der Waals surface area contributed by atoms with Crippen LogP contribution in [0.15, 0.2) is 17.4 Å². The van der Waals surface area contributed by atoms with Crippen molar-refractivity contribution in [3.05, 3.63) is 12.4 Å². The van der Waals surface area contributed by atoms with E-state index in [0.29, 0.717) is 5.25 Å². The Labute approximate surface area is 87.8 Å². The Morgan fingerprint density at radius 1 is 1.71 bits per heavy atom. The molecule has 0 saturated carbocycles. The highest BCUT2D eigenvalue weighted by Crippen LogP contribution is 2.24. The first-order valence-electron chi connectivity index (χ1n) is 4.74. The predicted molar refractivity (Wildman–Crippen MR) is 60.8 cm³/mol. The maximum absolute atomic E-state index is 4.42. The molecule has 1 aliphatic rings. The van der Waals surface area contributed by atoms with Gasteiger partial charge in [-0.15, -0.1) is 0 Å². The number of aromatic nitrogens is 2. The molecule has 0 aromatic carbocycles. The summed E-state index contributed by atoms with van der Waals surface area (Å²) in [6.45, 7) is 3.13. The molecule has 14 heavy (non-hydrogen) atoms. The summed E-state index contributed by atoms with van der Waals surface area (Å²) in [7, 11) is 1.91. The van der Waals surface area contributed by atoms with Gasteiger partial charge in [-0.3, -0.25) is 9.67 Å². The van der Waals surface area contributed by atoms with E-state index in [1.165, 1.54) is 6.42 Å². The van der Waals surface area contributed by atoms with Gasteiger partial charge in [0.1, 0.15) is 0 Å². The third-order valence-electron chi connectivity index (χ3n) is 2.13. The second kappa shape index (κ2) is 4.04. The quantitative estimate of drug-likeness (QED) is 0.808. The van der Waals surface area contributed by atoms with Gasteiger partial charge in [0.2, 0.25) is 0 Å². The van der Waals surface area contributed by atoms with Crippen LogP contribution in [0.25, 0.3) is 0 Å². The molecule has 0 fully saturated rings. The van der Waals surface area contributed by atoms with Gasteiger partial charge in [-0.1, -0.05) is 18.7 Å². The number of hydrogen-bond acceptors (Lipinski definition) is 4. The van der Waals surface area contributed by atoms with Gasteiger partial charge < -0.3 is 5.32 Å². The molecule has 1 aliphatic heterocycles. The van der Waals surface area contributed by atoms with Crippen LogP contribution >= 0.6 is 11.8 Å². The number of anilines is 1. The number of aryl methyl sites for hydroxylation is 1. The highest BCUT2D eigenvalue weighted by Gasteiger charge is 2.17. The second-order valence-corrected chi connectivity index (χ2v) is 4.61. The topological polar surface area (TPSA) is 42.2 Å². The Balaban J connectivity index is 1.93. The average molecular weight is 210 g/mol. The van der Waals surface area contributed by atoms with Crippen LogP contribution in [0.4, 0.5) is 5.69 Å². The molecule has 0 aliphatic carbocycles. The number of aliphatic imine (C=N–C) groups is 1. The van der Waals surface area contributed by atoms with Crippen molar-refractivity contribution in [1.82, 2.24) is 9.78 Å². The molecule has 1 N–H and O–H groups in total. The maximum Gasteiger partial charge on any atom is 0.161 e. The van der Waals surface area contributed by atoms with E-state index in [0.717, 1.165) is 17.4 Å². The smallest absolute Gasteiger partial charge is 0.161 e. The minimum atomic E-state index is 0.647. The van der Waals surface area contributed by atoms with Crippen LogP contribution in [0.1, 0.15) is 13.3 Å². The first kappa shape index (κ1) is 9.58. The summed E-state index contributed by atoms with van der Waals surface area (Å²) in [6, 6.07) is 0. The molecule has 5 heteroatoms. The first-order chi connectivity index (χ1) is 6.78. The van der Waals surface area contributed by atoms with Crippen LogP contribution in [0, 0.1) is 0 Å². The van der Waals surface area contributed by atoms with Gasteiger partial charge in [0.15, 0.2) is 5.17 Å². The summed E-state index contributed by atoms with van der Waals surface area (Å²) in [5.41, 5.74) is 1.01. The second-order valence-electron chi connectivity index (χ2n) is 3.32. The number of thioether (sulfide) groups is 1. The fourth-order valence-electron chi connectivity index (χ4n) is 1.31. The van der Waals surface area contributed by atoms with E-state index in [9.17, 15) is 0 Å². The molecule has 1 aromatic rings. The Morgan fingerprint density at radius 2 is 2.57 bits per heavy atom. The molecule has 0 bridgehead atoms. The zero-order valence-electron chi connectivity index (χ0n) is 8.40. The van der Waals surface area contributed by atoms with Gasteiger partial charge in [-0.2, -0.15) is 5.10 Å². The van der Waals surface area contributed by atoms with Crippen molar-refractivity contribution < 1.29 is 0 Å². The summed E-state index contributed by atoms with van der Waals surface area (Å²) in [5.74, 6) is 0. The van der Waals surface area contributed by atoms with Crippen LogP contribution in [-0.4, -0.2) is 26.7 Å². The maximum atomic E-state index is 4.42. The molecule has 0 amide bonds. The lowest BCUT2D eigenvalue weighted by molar-refractivity contribution is 0.768. The fourth-order valence-corrected chi connectivity index (χ4v) is 2.27. The van der Waals surface area contributed by atoms with E-state index in [2.05, 4.69) is 22.3 Å². The lowest BCUT2D eigenvalue weighted by atomic mass is 10.3. The summed E-state index contributed by atoms with van der Waals surface area (Å²) in [6.07, 6.45) is 4.93. The molecule has 2 heterocycles. The van der Waals surface area contributed by atoms with Gasteiger partial charge in [-0.25, -0.2) is 0 Å². The van der Waals surface area contributed by atoms with Gasteiger partial charge in [0.25, 0.3) is 0 Å². The molecule has 0 spiro atoms. The predicted octanol–water partition coefficient (Wildman–Crippen LogP) is 1.71. The highest BCUT2D eigenvalue weighted by molar-refractivity contribution is 8.15. The first-order valence-corrected chi connectivity index (χ1v) is 5.62. The average Bonchev–Trinajstić information content (AvgIpc) is 2.76. The molecular formula is C9H14N4S. The standard InChI is InChI=1S/C9H14N4S/c1-3-8-5-10-9(14-8)12-7-4-11-13(2)6-7/h4,6,8H,3,5H2,1-2H3,(H,10,12). The van der Waals surface area contributed by atoms with Crippen LogP contribution in [0.5, 0.6) is 0 Å². The third-order valence-corrected chi connectivity index (χ3v) is 3.40. The SMILES string of the molecule is CCC1CN=C(Nc2cnn(C)c2)S1. The molecule has 2 rings (SSSR count). The van der Waals surface area contributed by atoms with E-state index >= 15 is 0 Å². The highest BCUT2D eigenvalue weighted by atomic mass is 32.2. The summed E-state index contributed by atoms with van der Waals surface area (Å²) in [5, 5.41) is 9.01. The third kappa shape index (κ3) is 2.09. The van der Waals surface area contributed by atoms with Crippen molar-refractivity contribution in [2.75, 3.05) is 11.9 Å². The van der Waals surface area contributed by atoms with E-state index in [1.54, 1.807) is 4.68 Å². The molecule has 0 saturated heterocycles. The molecule has 1 atom stereocenters. The monoisotopic (exact) mass is 210 g/mol. The van der Waals surface area contributed by atoms with E-state index < -0.39 is 0 Å². The minimum Gasteiger partial charge on any atom is -0.332 e. The van der Waals surface area contributed by atoms with Crippen molar-refractivity contribution >= 4 is 22.6 Å². The Bertz CT molecular complexity index is 344. The van der Waals surface area contributed by atoms with E-state index in [4.69, 9.17) is 0 Å². The van der Waals surface area contributed by atoms with Crippen LogP contribution in [-0.2, 0) is 7.05 Å². The number of rotatable bonds is 2. The van der Waals surface area contributed by atoms with Gasteiger partial charge in [0, 0.05) is 18.5 Å². The fraction of sp³-hybridized carbons (Fsp3) is 0.556. The Hall–Kier alpha value is -0.970. The van der Waals surface area contributed by atoms with Crippen molar-refractivity contribution in [3.63, 3.8) is 0 Å². The summed E-state index contributed by atoms with van der Waals surface area (Å²) in [4.78, 5) is 4.42. The lowest BCUT2D eigenvalue weighted by Gasteiger charge is -2.04. The molecule has 1 aromatic heterocycles. The molecule has 4 nitrogen and oxygen atoms in total. The molecule has 1 unspecified atom stereocenters. The molecule has 0 radical (unpaired) electrons. The van der Waals surface area contributed by atoms with E-state index in [1.807, 2.05) is 31.2 Å². The van der Waals surface area contributed by atoms with Crippen molar-refractivity contribution in [3.8, 4) is 0 Å². The largest absolute Gasteiger partial charge is 0.332 e. The Morgan fingerprint density at radius 3 is 3.14 bits per heavy atom. The van der Waals surface area contributed by atoms with Gasteiger partial charge in [0.05, 0.1) is 18.4 Å². The zero-order chi connectivity index (χ0) is 9.97. The normalized spacial score (nSPS) is 21.0. The number of nitrogens with one attached hydrogen (secondary N) is 1. The van der Waals surface area contributed by atoms with Crippen molar-refractivity contribution in [2.45, 2.75) is 18.6 Å². The van der Waals surface area contributed by atoms with E-state index in [-0.39, 0.29) is 0 Å². The summed E-state index contributed by atoms with van der Waals surface area (Å²) < 4.78 is 1.78. The summed E-state index contributed by atoms with van der Waals surface area (Å²) >= 11 is 1.82. The number of hydrogen-bond donors (Lipinski definition) is 1. The van der Waals surface area contributed by atoms with Crippen LogP contribution in [0.3, 0.4) is 0 Å². The van der Waals surface area contributed by atoms with Crippen LogP contribution in [0.2, 0.25) is 0 Å². The lowest BCUT2D eigenvalue weighted by Crippen LogP contribution is -2.06. The van der Waals surface area contributed by atoms with Crippen molar-refractivity contribution in [2.24, 2.45) is 12.0 Å². The van der Waals surface area contributed by atoms with Crippen molar-refractivity contribution in [1.29, 1.82) is 0 Å². The molecule has 76 valence electrons. The van der Waals surface area contributed by atoms with Gasteiger partial charge in [-0.05, 0) is 6.42 Å². The van der Waals surface area contributed by atoms with Gasteiger partial charge >= 0.3 is 0 Å². The zero-order valence-corrected chi connectivity index (χ0v) is 9.21. The van der Waals surface area contributed by atoms with Crippen LogP contribution < -0.4 is 5.32 Å². The number of nitrogens with zero attached hydrogens (tertiary/aromatic N) is 3. The Kier molecular flexibility index (Phi) is 2.77. The number of amidine groups is 1. The minimum absolute atomic E-state index is 0.647.